The van der Waals surface area contributed by atoms with Crippen molar-refractivity contribution in [3.8, 4) is 0 Å². The molecule has 20 heavy (non-hydrogen) atoms. The summed E-state index contributed by atoms with van der Waals surface area (Å²) in [6.45, 7) is 2.27. The van der Waals surface area contributed by atoms with Gasteiger partial charge in [-0.1, -0.05) is 15.9 Å². The molecule has 1 N–H and O–H groups in total. The van der Waals surface area contributed by atoms with Crippen LogP contribution in [0.1, 0.15) is 28.8 Å². The summed E-state index contributed by atoms with van der Waals surface area (Å²) in [6.07, 6.45) is 1.18. The number of nitrogens with zero attached hydrogens (tertiary/aromatic N) is 1. The Morgan fingerprint density at radius 2 is 2.15 bits per heavy atom. The molecule has 108 valence electrons. The third-order valence-corrected chi connectivity index (χ3v) is 4.48. The molecule has 1 amide bonds. The van der Waals surface area contributed by atoms with Crippen LogP contribution in [0.4, 0.5) is 4.39 Å². The van der Waals surface area contributed by atoms with E-state index in [-0.39, 0.29) is 12.1 Å². The first-order chi connectivity index (χ1) is 9.41. The summed E-state index contributed by atoms with van der Waals surface area (Å²) in [4.78, 5) is 24.9. The van der Waals surface area contributed by atoms with E-state index >= 15 is 0 Å². The van der Waals surface area contributed by atoms with Gasteiger partial charge in [-0.15, -0.1) is 0 Å². The number of piperidine rings is 1. The number of carbonyl (C=O) groups is 2. The molecular formula is C14H15BrFNO3. The molecule has 4 nitrogen and oxygen atoms in total. The Labute approximate surface area is 124 Å². The highest BCUT2D eigenvalue weighted by Gasteiger charge is 2.30. The lowest BCUT2D eigenvalue weighted by atomic mass is 9.97. The molecule has 0 bridgehead atoms. The summed E-state index contributed by atoms with van der Waals surface area (Å²) in [5, 5.41) is 9.04. The number of benzene rings is 1. The third kappa shape index (κ3) is 2.85. The predicted molar refractivity (Wildman–Crippen MR) is 75.1 cm³/mol. The number of rotatable bonds is 2. The van der Waals surface area contributed by atoms with Crippen LogP contribution in [0.15, 0.2) is 16.6 Å². The Kier molecular flexibility index (Phi) is 4.42. The van der Waals surface area contributed by atoms with Crippen molar-refractivity contribution in [1.29, 1.82) is 0 Å². The number of hydrogen-bond donors (Lipinski definition) is 1. The van der Waals surface area contributed by atoms with Crippen molar-refractivity contribution in [3.63, 3.8) is 0 Å². The molecule has 6 heteroatoms. The Hall–Kier alpha value is -1.43. The molecule has 1 unspecified atom stereocenters. The van der Waals surface area contributed by atoms with Crippen molar-refractivity contribution in [2.45, 2.75) is 19.8 Å². The van der Waals surface area contributed by atoms with Crippen molar-refractivity contribution in [2.24, 2.45) is 5.92 Å². The molecule has 1 aromatic carbocycles. The maximum atomic E-state index is 13.9. The number of carboxylic acid groups (broad SMARTS) is 1. The molecule has 0 radical (unpaired) electrons. The monoisotopic (exact) mass is 343 g/mol. The van der Waals surface area contributed by atoms with Gasteiger partial charge in [0.05, 0.1) is 11.5 Å². The fourth-order valence-electron chi connectivity index (χ4n) is 2.44. The van der Waals surface area contributed by atoms with Gasteiger partial charge in [0.2, 0.25) is 0 Å². The second kappa shape index (κ2) is 5.91. The van der Waals surface area contributed by atoms with Crippen molar-refractivity contribution in [3.05, 3.63) is 33.5 Å². The smallest absolute Gasteiger partial charge is 0.308 e. The number of aliphatic carboxylic acids is 1. The molecular weight excluding hydrogens is 329 g/mol. The minimum atomic E-state index is -0.908. The van der Waals surface area contributed by atoms with Gasteiger partial charge in [0.15, 0.2) is 0 Å². The average Bonchev–Trinajstić information content (AvgIpc) is 2.43. The highest BCUT2D eigenvalue weighted by molar-refractivity contribution is 9.10. The van der Waals surface area contributed by atoms with Crippen LogP contribution in [-0.4, -0.2) is 35.0 Å². The van der Waals surface area contributed by atoms with Crippen LogP contribution in [0, 0.1) is 18.7 Å². The molecule has 1 aromatic rings. The van der Waals surface area contributed by atoms with Crippen LogP contribution in [0.25, 0.3) is 0 Å². The molecule has 0 saturated carbocycles. The molecule has 1 heterocycles. The van der Waals surface area contributed by atoms with Crippen molar-refractivity contribution >= 4 is 27.8 Å². The molecule has 1 saturated heterocycles. The number of halogens is 2. The number of carbonyl (C=O) groups excluding carboxylic acids is 1. The SMILES string of the molecule is Cc1c(Br)ccc(F)c1C(=O)N1CCCC(C(=O)O)C1. The van der Waals surface area contributed by atoms with Crippen LogP contribution < -0.4 is 0 Å². The highest BCUT2D eigenvalue weighted by atomic mass is 79.9. The summed E-state index contributed by atoms with van der Waals surface area (Å²) in [5.41, 5.74) is 0.554. The molecule has 2 rings (SSSR count). The van der Waals surface area contributed by atoms with E-state index in [4.69, 9.17) is 5.11 Å². The Morgan fingerprint density at radius 1 is 1.45 bits per heavy atom. The summed E-state index contributed by atoms with van der Waals surface area (Å²) in [6, 6.07) is 2.79. The van der Waals surface area contributed by atoms with Crippen LogP contribution in [0.3, 0.4) is 0 Å². The maximum absolute atomic E-state index is 13.9. The van der Waals surface area contributed by atoms with Gasteiger partial charge >= 0.3 is 5.97 Å². The number of hydrogen-bond acceptors (Lipinski definition) is 2. The number of carboxylic acids is 1. The first kappa shape index (κ1) is 15.0. The van der Waals surface area contributed by atoms with Crippen LogP contribution in [0.5, 0.6) is 0 Å². The second-order valence-electron chi connectivity index (χ2n) is 4.96. The van der Waals surface area contributed by atoms with Crippen molar-refractivity contribution in [2.75, 3.05) is 13.1 Å². The first-order valence-corrected chi connectivity index (χ1v) is 7.17. The second-order valence-corrected chi connectivity index (χ2v) is 5.81. The number of amides is 1. The fraction of sp³-hybridized carbons (Fsp3) is 0.429. The molecule has 1 atom stereocenters. The van der Waals surface area contributed by atoms with Gasteiger partial charge in [0.1, 0.15) is 5.82 Å². The lowest BCUT2D eigenvalue weighted by Gasteiger charge is -2.31. The Morgan fingerprint density at radius 3 is 2.80 bits per heavy atom. The topological polar surface area (TPSA) is 57.6 Å². The van der Waals surface area contributed by atoms with Crippen molar-refractivity contribution in [1.82, 2.24) is 4.90 Å². The zero-order valence-corrected chi connectivity index (χ0v) is 12.6. The minimum Gasteiger partial charge on any atom is -0.481 e. The number of likely N-dealkylation sites (tertiary alicyclic amines) is 1. The highest BCUT2D eigenvalue weighted by Crippen LogP contribution is 2.26. The zero-order valence-electron chi connectivity index (χ0n) is 11.0. The first-order valence-electron chi connectivity index (χ1n) is 6.38. The predicted octanol–water partition coefficient (Wildman–Crippen LogP) is 2.83. The van der Waals surface area contributed by atoms with E-state index < -0.39 is 23.6 Å². The molecule has 0 aliphatic carbocycles. The van der Waals surface area contributed by atoms with Crippen LogP contribution in [-0.2, 0) is 4.79 Å². The largest absolute Gasteiger partial charge is 0.481 e. The lowest BCUT2D eigenvalue weighted by molar-refractivity contribution is -0.143. The van der Waals surface area contributed by atoms with Gasteiger partial charge in [-0.05, 0) is 37.5 Å². The normalized spacial score (nSPS) is 18.9. The minimum absolute atomic E-state index is 0.0189. The van der Waals surface area contributed by atoms with E-state index in [9.17, 15) is 14.0 Å². The van der Waals surface area contributed by atoms with Gasteiger partial charge in [-0.2, -0.15) is 0 Å². The molecule has 0 aromatic heterocycles. The summed E-state index contributed by atoms with van der Waals surface area (Å²) < 4.78 is 14.6. The van der Waals surface area contributed by atoms with E-state index in [1.807, 2.05) is 0 Å². The Balaban J connectivity index is 2.28. The third-order valence-electron chi connectivity index (χ3n) is 3.62. The van der Waals surface area contributed by atoms with Gasteiger partial charge in [-0.25, -0.2) is 4.39 Å². The van der Waals surface area contributed by atoms with Gasteiger partial charge in [0.25, 0.3) is 5.91 Å². The molecule has 0 spiro atoms. The van der Waals surface area contributed by atoms with Crippen LogP contribution in [0.2, 0.25) is 0 Å². The van der Waals surface area contributed by atoms with Gasteiger partial charge < -0.3 is 10.0 Å². The zero-order chi connectivity index (χ0) is 14.9. The van der Waals surface area contributed by atoms with Gasteiger partial charge in [-0.3, -0.25) is 9.59 Å². The van der Waals surface area contributed by atoms with E-state index in [2.05, 4.69) is 15.9 Å². The van der Waals surface area contributed by atoms with Crippen molar-refractivity contribution < 1.29 is 19.1 Å². The Bertz CT molecular complexity index is 562. The van der Waals surface area contributed by atoms with E-state index in [0.717, 1.165) is 0 Å². The standard InChI is InChI=1S/C14H15BrFNO3/c1-8-10(15)4-5-11(16)12(8)13(18)17-6-2-3-9(7-17)14(19)20/h4-5,9H,2-3,6-7H2,1H3,(H,19,20). The quantitative estimate of drug-likeness (QED) is 0.898. The average molecular weight is 344 g/mol. The summed E-state index contributed by atoms with van der Waals surface area (Å²) in [5.74, 6) is -2.49. The summed E-state index contributed by atoms with van der Waals surface area (Å²) >= 11 is 3.28. The van der Waals surface area contributed by atoms with Gasteiger partial charge in [0, 0.05) is 17.6 Å². The van der Waals surface area contributed by atoms with E-state index in [1.54, 1.807) is 13.0 Å². The van der Waals surface area contributed by atoms with E-state index in [1.165, 1.54) is 11.0 Å². The molecule has 1 fully saturated rings. The molecule has 1 aliphatic rings. The summed E-state index contributed by atoms with van der Waals surface area (Å²) in [7, 11) is 0. The molecule has 1 aliphatic heterocycles. The van der Waals surface area contributed by atoms with Crippen LogP contribution >= 0.6 is 15.9 Å². The maximum Gasteiger partial charge on any atom is 0.308 e. The lowest BCUT2D eigenvalue weighted by Crippen LogP contribution is -2.42. The van der Waals surface area contributed by atoms with E-state index in [0.29, 0.717) is 29.4 Å². The fourth-order valence-corrected chi connectivity index (χ4v) is 2.77.